The van der Waals surface area contributed by atoms with E-state index >= 15 is 0 Å². The van der Waals surface area contributed by atoms with Crippen molar-refractivity contribution in [1.29, 1.82) is 0 Å². The number of carbonyl (C=O) groups excluding carboxylic acids is 1. The fourth-order valence-corrected chi connectivity index (χ4v) is 2.55. The molecule has 0 aliphatic carbocycles. The molecule has 1 saturated heterocycles. The van der Waals surface area contributed by atoms with Crippen molar-refractivity contribution in [3.8, 4) is 5.75 Å². The van der Waals surface area contributed by atoms with Crippen LogP contribution in [0.15, 0.2) is 18.2 Å². The van der Waals surface area contributed by atoms with Crippen molar-refractivity contribution in [2.24, 2.45) is 0 Å². The van der Waals surface area contributed by atoms with Crippen LogP contribution in [0, 0.1) is 10.1 Å². The van der Waals surface area contributed by atoms with Crippen LogP contribution in [-0.4, -0.2) is 48.3 Å². The first-order chi connectivity index (χ1) is 11.2. The summed E-state index contributed by atoms with van der Waals surface area (Å²) in [5.74, 6) is 0.424. The molecular weight excluding hydrogens is 314 g/mol. The van der Waals surface area contributed by atoms with Gasteiger partial charge in [-0.25, -0.2) is 4.79 Å². The minimum Gasteiger partial charge on any atom is -0.496 e. The van der Waals surface area contributed by atoms with E-state index in [4.69, 9.17) is 9.47 Å². The van der Waals surface area contributed by atoms with Crippen molar-refractivity contribution < 1.29 is 19.2 Å². The number of methoxy groups -OCH3 is 1. The third kappa shape index (κ3) is 4.35. The lowest BCUT2D eigenvalue weighted by molar-refractivity contribution is -0.384. The molecule has 1 aromatic carbocycles. The lowest BCUT2D eigenvalue weighted by Crippen LogP contribution is -2.49. The number of nitrogens with one attached hydrogen (secondary N) is 1. The summed E-state index contributed by atoms with van der Waals surface area (Å²) in [6, 6.07) is 4.31. The van der Waals surface area contributed by atoms with Crippen LogP contribution >= 0.6 is 0 Å². The van der Waals surface area contributed by atoms with Gasteiger partial charge in [0.2, 0.25) is 0 Å². The van der Waals surface area contributed by atoms with E-state index in [9.17, 15) is 14.9 Å². The number of hydrogen-bond donors (Lipinski definition) is 1. The third-order valence-corrected chi connectivity index (χ3v) is 3.63. The number of rotatable bonds is 3. The van der Waals surface area contributed by atoms with E-state index in [1.807, 2.05) is 20.8 Å². The Bertz CT molecular complexity index is 627. The van der Waals surface area contributed by atoms with Gasteiger partial charge in [-0.15, -0.1) is 0 Å². The first-order valence-corrected chi connectivity index (χ1v) is 7.75. The molecule has 1 heterocycles. The summed E-state index contributed by atoms with van der Waals surface area (Å²) < 4.78 is 10.7. The Morgan fingerprint density at radius 3 is 2.71 bits per heavy atom. The van der Waals surface area contributed by atoms with E-state index in [0.717, 1.165) is 5.56 Å². The molecule has 1 amide bonds. The number of nitro benzene ring substituents is 1. The average molecular weight is 337 g/mol. The van der Waals surface area contributed by atoms with Gasteiger partial charge in [0.1, 0.15) is 11.4 Å². The van der Waals surface area contributed by atoms with E-state index in [1.54, 1.807) is 11.0 Å². The molecule has 1 unspecified atom stereocenters. The lowest BCUT2D eigenvalue weighted by atomic mass is 10.0. The molecule has 24 heavy (non-hydrogen) atoms. The molecule has 1 atom stereocenters. The predicted molar refractivity (Wildman–Crippen MR) is 88.2 cm³/mol. The topological polar surface area (TPSA) is 93.9 Å². The fourth-order valence-electron chi connectivity index (χ4n) is 2.55. The fraction of sp³-hybridized carbons (Fsp3) is 0.562. The smallest absolute Gasteiger partial charge is 0.410 e. The molecule has 0 aromatic heterocycles. The summed E-state index contributed by atoms with van der Waals surface area (Å²) in [6.07, 6.45) is -0.366. The van der Waals surface area contributed by atoms with Crippen LogP contribution in [0.4, 0.5) is 10.5 Å². The molecule has 0 spiro atoms. The van der Waals surface area contributed by atoms with Crippen molar-refractivity contribution in [2.45, 2.75) is 32.4 Å². The third-order valence-electron chi connectivity index (χ3n) is 3.63. The van der Waals surface area contributed by atoms with Crippen LogP contribution in [0.1, 0.15) is 32.4 Å². The monoisotopic (exact) mass is 337 g/mol. The number of piperazine rings is 1. The summed E-state index contributed by atoms with van der Waals surface area (Å²) in [6.45, 7) is 7.02. The standard InChI is InChI=1S/C16H23N3O5/c1-16(2,3)24-15(20)18-8-7-17-13(10-18)12-6-5-11(19(21)22)9-14(12)23-4/h5-6,9,13,17H,7-8,10H2,1-4H3. The van der Waals surface area contributed by atoms with Crippen LogP contribution in [0.2, 0.25) is 0 Å². The highest BCUT2D eigenvalue weighted by Gasteiger charge is 2.29. The highest BCUT2D eigenvalue weighted by atomic mass is 16.6. The highest BCUT2D eigenvalue weighted by molar-refractivity contribution is 5.68. The number of nitro groups is 1. The predicted octanol–water partition coefficient (Wildman–Crippen LogP) is 2.48. The van der Waals surface area contributed by atoms with Gasteiger partial charge in [-0.2, -0.15) is 0 Å². The molecule has 0 radical (unpaired) electrons. The molecule has 1 aromatic rings. The molecule has 132 valence electrons. The second-order valence-corrected chi connectivity index (χ2v) is 6.62. The molecule has 8 heteroatoms. The first-order valence-electron chi connectivity index (χ1n) is 7.75. The van der Waals surface area contributed by atoms with Gasteiger partial charge in [0.05, 0.1) is 24.1 Å². The first kappa shape index (κ1) is 18.0. The molecule has 1 aliphatic heterocycles. The van der Waals surface area contributed by atoms with Gasteiger partial charge in [-0.3, -0.25) is 10.1 Å². The molecule has 0 saturated carbocycles. The second kappa shape index (κ2) is 7.04. The van der Waals surface area contributed by atoms with E-state index in [-0.39, 0.29) is 17.8 Å². The van der Waals surface area contributed by atoms with Crippen LogP contribution < -0.4 is 10.1 Å². The zero-order chi connectivity index (χ0) is 17.9. The molecule has 0 bridgehead atoms. The molecular formula is C16H23N3O5. The number of carbonyl (C=O) groups is 1. The average Bonchev–Trinajstić information content (AvgIpc) is 2.52. The molecule has 2 rings (SSSR count). The van der Waals surface area contributed by atoms with Crippen molar-refractivity contribution in [1.82, 2.24) is 10.2 Å². The van der Waals surface area contributed by atoms with Crippen molar-refractivity contribution in [2.75, 3.05) is 26.7 Å². The zero-order valence-corrected chi connectivity index (χ0v) is 14.4. The van der Waals surface area contributed by atoms with Gasteiger partial charge in [0.25, 0.3) is 5.69 Å². The molecule has 1 N–H and O–H groups in total. The number of nitrogens with zero attached hydrogens (tertiary/aromatic N) is 2. The van der Waals surface area contributed by atoms with Gasteiger partial charge in [0.15, 0.2) is 0 Å². The van der Waals surface area contributed by atoms with Crippen LogP contribution in [0.5, 0.6) is 5.75 Å². The summed E-state index contributed by atoms with van der Waals surface area (Å²) in [4.78, 5) is 24.3. The minimum absolute atomic E-state index is 0.0320. The van der Waals surface area contributed by atoms with Gasteiger partial charge in [0, 0.05) is 31.3 Å². The van der Waals surface area contributed by atoms with E-state index in [0.29, 0.717) is 25.4 Å². The van der Waals surface area contributed by atoms with Crippen LogP contribution in [0.25, 0.3) is 0 Å². The number of non-ortho nitro benzene ring substituents is 1. The summed E-state index contributed by atoms with van der Waals surface area (Å²) >= 11 is 0. The Morgan fingerprint density at radius 2 is 2.12 bits per heavy atom. The Labute approximate surface area is 140 Å². The maximum Gasteiger partial charge on any atom is 0.410 e. The SMILES string of the molecule is COc1cc([N+](=O)[O-])ccc1C1CN(C(=O)OC(C)(C)C)CCN1. The largest absolute Gasteiger partial charge is 0.496 e. The van der Waals surface area contributed by atoms with Crippen molar-refractivity contribution in [3.05, 3.63) is 33.9 Å². The zero-order valence-electron chi connectivity index (χ0n) is 14.4. The normalized spacial score (nSPS) is 18.2. The van der Waals surface area contributed by atoms with Gasteiger partial charge in [-0.1, -0.05) is 0 Å². The number of hydrogen-bond acceptors (Lipinski definition) is 6. The van der Waals surface area contributed by atoms with Gasteiger partial charge < -0.3 is 19.7 Å². The quantitative estimate of drug-likeness (QED) is 0.673. The Kier molecular flexibility index (Phi) is 5.28. The van der Waals surface area contributed by atoms with E-state index < -0.39 is 10.5 Å². The summed E-state index contributed by atoms with van der Waals surface area (Å²) in [5, 5.41) is 14.2. The number of ether oxygens (including phenoxy) is 2. The maximum absolute atomic E-state index is 12.2. The van der Waals surface area contributed by atoms with E-state index in [1.165, 1.54) is 19.2 Å². The summed E-state index contributed by atoms with van der Waals surface area (Å²) in [7, 11) is 1.47. The highest BCUT2D eigenvalue weighted by Crippen LogP contribution is 2.31. The Morgan fingerprint density at radius 1 is 1.42 bits per heavy atom. The number of amides is 1. The Hall–Kier alpha value is -2.35. The summed E-state index contributed by atoms with van der Waals surface area (Å²) in [5.41, 5.74) is 0.189. The Balaban J connectivity index is 2.17. The van der Waals surface area contributed by atoms with Crippen LogP contribution in [0.3, 0.4) is 0 Å². The minimum atomic E-state index is -0.553. The van der Waals surface area contributed by atoms with Gasteiger partial charge in [-0.05, 0) is 26.8 Å². The van der Waals surface area contributed by atoms with Crippen molar-refractivity contribution >= 4 is 11.8 Å². The maximum atomic E-state index is 12.2. The van der Waals surface area contributed by atoms with Crippen molar-refractivity contribution in [3.63, 3.8) is 0 Å². The van der Waals surface area contributed by atoms with Crippen LogP contribution in [-0.2, 0) is 4.74 Å². The molecule has 1 aliphatic rings. The number of benzene rings is 1. The second-order valence-electron chi connectivity index (χ2n) is 6.62. The molecule has 1 fully saturated rings. The lowest BCUT2D eigenvalue weighted by Gasteiger charge is -2.35. The van der Waals surface area contributed by atoms with Gasteiger partial charge >= 0.3 is 6.09 Å². The molecule has 8 nitrogen and oxygen atoms in total. The van der Waals surface area contributed by atoms with E-state index in [2.05, 4.69) is 5.32 Å².